The molecule has 5 heteroatoms. The molecule has 1 unspecified atom stereocenters. The number of thioether (sulfide) groups is 1. The van der Waals surface area contributed by atoms with Crippen LogP contribution in [-0.4, -0.2) is 23.6 Å². The Bertz CT molecular complexity index is 755. The second-order valence-electron chi connectivity index (χ2n) is 6.99. The van der Waals surface area contributed by atoms with Crippen LogP contribution in [0.3, 0.4) is 0 Å². The lowest BCUT2D eigenvalue weighted by molar-refractivity contribution is -0.127. The summed E-state index contributed by atoms with van der Waals surface area (Å²) in [6.07, 6.45) is 0. The molecule has 0 aromatic heterocycles. The number of amides is 2. The van der Waals surface area contributed by atoms with Gasteiger partial charge < -0.3 is 10.6 Å². The van der Waals surface area contributed by atoms with E-state index in [1.165, 1.54) is 18.1 Å². The molecule has 0 aliphatic rings. The van der Waals surface area contributed by atoms with Crippen molar-refractivity contribution in [3.63, 3.8) is 0 Å². The topological polar surface area (TPSA) is 58.2 Å². The summed E-state index contributed by atoms with van der Waals surface area (Å²) < 4.78 is 0. The highest BCUT2D eigenvalue weighted by atomic mass is 32.2. The summed E-state index contributed by atoms with van der Waals surface area (Å²) in [5.74, 6) is 0.599. The highest BCUT2D eigenvalue weighted by Gasteiger charge is 2.19. The summed E-state index contributed by atoms with van der Waals surface area (Å²) in [4.78, 5) is 25.1. The first-order valence-electron chi connectivity index (χ1n) is 9.18. The van der Waals surface area contributed by atoms with Gasteiger partial charge in [-0.2, -0.15) is 0 Å². The van der Waals surface area contributed by atoms with E-state index in [-0.39, 0.29) is 11.8 Å². The fourth-order valence-corrected chi connectivity index (χ4v) is 3.50. The van der Waals surface area contributed by atoms with Gasteiger partial charge in [-0.25, -0.2) is 0 Å². The molecule has 0 saturated heterocycles. The van der Waals surface area contributed by atoms with Gasteiger partial charge >= 0.3 is 0 Å². The molecule has 0 saturated carbocycles. The van der Waals surface area contributed by atoms with Crippen LogP contribution in [-0.2, 0) is 16.1 Å². The number of nitrogens with one attached hydrogen (secondary N) is 2. The first-order chi connectivity index (χ1) is 12.8. The van der Waals surface area contributed by atoms with Crippen molar-refractivity contribution < 1.29 is 9.59 Å². The van der Waals surface area contributed by atoms with Crippen molar-refractivity contribution in [3.8, 4) is 0 Å². The van der Waals surface area contributed by atoms with E-state index in [1.54, 1.807) is 11.8 Å². The molecule has 0 aliphatic carbocycles. The maximum absolute atomic E-state index is 12.5. The lowest BCUT2D eigenvalue weighted by atomic mass is 10.0. The molecule has 2 amide bonds. The molecule has 2 rings (SSSR count). The SMILES string of the molecule is CC(=O)NC(CSc1ccc(C(C)C)cc1)C(=O)NCc1ccc(C)cc1. The summed E-state index contributed by atoms with van der Waals surface area (Å²) in [6, 6.07) is 15.8. The van der Waals surface area contributed by atoms with Crippen LogP contribution < -0.4 is 10.6 Å². The van der Waals surface area contributed by atoms with Crippen molar-refractivity contribution in [2.24, 2.45) is 0 Å². The fourth-order valence-electron chi connectivity index (χ4n) is 2.58. The van der Waals surface area contributed by atoms with Crippen molar-refractivity contribution >= 4 is 23.6 Å². The average molecular weight is 385 g/mol. The maximum Gasteiger partial charge on any atom is 0.243 e. The Labute approximate surface area is 166 Å². The van der Waals surface area contributed by atoms with Crippen LogP contribution >= 0.6 is 11.8 Å². The minimum atomic E-state index is -0.567. The van der Waals surface area contributed by atoms with Gasteiger partial charge in [0.1, 0.15) is 6.04 Å². The van der Waals surface area contributed by atoms with Crippen LogP contribution in [0.2, 0.25) is 0 Å². The van der Waals surface area contributed by atoms with Crippen molar-refractivity contribution in [1.29, 1.82) is 0 Å². The summed E-state index contributed by atoms with van der Waals surface area (Å²) in [6.45, 7) is 8.23. The van der Waals surface area contributed by atoms with Gasteiger partial charge in [0.25, 0.3) is 0 Å². The predicted octanol–water partition coefficient (Wildman–Crippen LogP) is 4.03. The number of benzene rings is 2. The van der Waals surface area contributed by atoms with Crippen molar-refractivity contribution in [3.05, 3.63) is 65.2 Å². The van der Waals surface area contributed by atoms with Crippen LogP contribution in [0.15, 0.2) is 53.4 Å². The Morgan fingerprint density at radius 3 is 2.19 bits per heavy atom. The van der Waals surface area contributed by atoms with Gasteiger partial charge in [0.2, 0.25) is 11.8 Å². The molecule has 0 spiro atoms. The molecule has 144 valence electrons. The van der Waals surface area contributed by atoms with E-state index in [9.17, 15) is 9.59 Å². The zero-order chi connectivity index (χ0) is 19.8. The monoisotopic (exact) mass is 384 g/mol. The first-order valence-corrected chi connectivity index (χ1v) is 10.2. The first kappa shape index (κ1) is 21.0. The summed E-state index contributed by atoms with van der Waals surface area (Å²) >= 11 is 1.57. The van der Waals surface area contributed by atoms with Gasteiger partial charge in [0, 0.05) is 24.1 Å². The molecule has 0 radical (unpaired) electrons. The molecule has 0 aliphatic heterocycles. The lowest BCUT2D eigenvalue weighted by Gasteiger charge is -2.17. The Hall–Kier alpha value is -2.27. The number of hydrogen-bond acceptors (Lipinski definition) is 3. The zero-order valence-electron chi connectivity index (χ0n) is 16.4. The Morgan fingerprint density at radius 1 is 1.00 bits per heavy atom. The van der Waals surface area contributed by atoms with E-state index in [0.717, 1.165) is 10.5 Å². The number of aryl methyl sites for hydroxylation is 1. The van der Waals surface area contributed by atoms with E-state index in [4.69, 9.17) is 0 Å². The third-order valence-electron chi connectivity index (χ3n) is 4.24. The highest BCUT2D eigenvalue weighted by Crippen LogP contribution is 2.22. The molecular weight excluding hydrogens is 356 g/mol. The quantitative estimate of drug-likeness (QED) is 0.676. The van der Waals surface area contributed by atoms with Gasteiger partial charge in [-0.3, -0.25) is 9.59 Å². The van der Waals surface area contributed by atoms with Gasteiger partial charge in [-0.15, -0.1) is 11.8 Å². The van der Waals surface area contributed by atoms with Crippen LogP contribution in [0.4, 0.5) is 0 Å². The van der Waals surface area contributed by atoms with Crippen LogP contribution in [0.25, 0.3) is 0 Å². The summed E-state index contributed by atoms with van der Waals surface area (Å²) in [5, 5.41) is 5.67. The van der Waals surface area contributed by atoms with Crippen molar-refractivity contribution in [2.45, 2.75) is 51.1 Å². The molecule has 0 fully saturated rings. The normalized spacial score (nSPS) is 11.9. The van der Waals surface area contributed by atoms with E-state index in [0.29, 0.717) is 18.2 Å². The highest BCUT2D eigenvalue weighted by molar-refractivity contribution is 7.99. The fraction of sp³-hybridized carbons (Fsp3) is 0.364. The third kappa shape index (κ3) is 7.10. The van der Waals surface area contributed by atoms with E-state index >= 15 is 0 Å². The van der Waals surface area contributed by atoms with E-state index < -0.39 is 6.04 Å². The van der Waals surface area contributed by atoms with Crippen LogP contribution in [0.5, 0.6) is 0 Å². The number of rotatable bonds is 8. The molecule has 0 heterocycles. The second-order valence-corrected chi connectivity index (χ2v) is 8.08. The molecule has 0 bridgehead atoms. The molecule has 2 aromatic carbocycles. The number of hydrogen-bond donors (Lipinski definition) is 2. The zero-order valence-corrected chi connectivity index (χ0v) is 17.2. The molecule has 2 N–H and O–H groups in total. The minimum absolute atomic E-state index is 0.169. The predicted molar refractivity (Wildman–Crippen MR) is 112 cm³/mol. The van der Waals surface area contributed by atoms with Gasteiger partial charge in [-0.1, -0.05) is 55.8 Å². The summed E-state index contributed by atoms with van der Waals surface area (Å²) in [5.41, 5.74) is 3.50. The van der Waals surface area contributed by atoms with Crippen LogP contribution in [0.1, 0.15) is 43.4 Å². The molecule has 4 nitrogen and oxygen atoms in total. The van der Waals surface area contributed by atoms with E-state index in [2.05, 4.69) is 48.7 Å². The van der Waals surface area contributed by atoms with Gasteiger partial charge in [0.05, 0.1) is 0 Å². The molecule has 1 atom stereocenters. The average Bonchev–Trinajstić information content (AvgIpc) is 2.64. The Morgan fingerprint density at radius 2 is 1.63 bits per heavy atom. The van der Waals surface area contributed by atoms with Crippen molar-refractivity contribution in [2.75, 3.05) is 5.75 Å². The van der Waals surface area contributed by atoms with Gasteiger partial charge in [0.15, 0.2) is 0 Å². The Balaban J connectivity index is 1.93. The summed E-state index contributed by atoms with van der Waals surface area (Å²) in [7, 11) is 0. The standard InChI is InChI=1S/C22H28N2O2S/c1-15(2)19-9-11-20(12-10-19)27-14-21(24-17(4)25)22(26)23-13-18-7-5-16(3)6-8-18/h5-12,15,21H,13-14H2,1-4H3,(H,23,26)(H,24,25). The minimum Gasteiger partial charge on any atom is -0.350 e. The molecular formula is C22H28N2O2S. The largest absolute Gasteiger partial charge is 0.350 e. The maximum atomic E-state index is 12.5. The number of carbonyl (C=O) groups is 2. The van der Waals surface area contributed by atoms with Crippen LogP contribution in [0, 0.1) is 6.92 Å². The Kier molecular flexibility index (Phi) is 7.92. The van der Waals surface area contributed by atoms with Crippen molar-refractivity contribution in [1.82, 2.24) is 10.6 Å². The number of carbonyl (C=O) groups excluding carboxylic acids is 2. The molecule has 2 aromatic rings. The smallest absolute Gasteiger partial charge is 0.243 e. The lowest BCUT2D eigenvalue weighted by Crippen LogP contribution is -2.47. The second kappa shape index (κ2) is 10.2. The molecule has 27 heavy (non-hydrogen) atoms. The van der Waals surface area contributed by atoms with E-state index in [1.807, 2.05) is 31.2 Å². The third-order valence-corrected chi connectivity index (χ3v) is 5.35. The van der Waals surface area contributed by atoms with Gasteiger partial charge in [-0.05, 0) is 36.1 Å².